The van der Waals surface area contributed by atoms with Gasteiger partial charge < -0.3 is 9.97 Å². The zero-order valence-corrected chi connectivity index (χ0v) is 25.7. The van der Waals surface area contributed by atoms with Gasteiger partial charge in [-0.15, -0.1) is 64.7 Å². The van der Waals surface area contributed by atoms with Gasteiger partial charge in [0.05, 0.1) is 6.57 Å². The van der Waals surface area contributed by atoms with Crippen molar-refractivity contribution in [3.8, 4) is 44.8 Å². The fourth-order valence-electron chi connectivity index (χ4n) is 5.54. The molecule has 0 saturated heterocycles. The zero-order valence-electron chi connectivity index (χ0n) is 23.3. The van der Waals surface area contributed by atoms with Crippen LogP contribution in [0.15, 0.2) is 128 Å². The minimum Gasteiger partial charge on any atom is -0.307 e. The van der Waals surface area contributed by atoms with Crippen molar-refractivity contribution in [2.24, 2.45) is 0 Å². The molecule has 7 rings (SSSR count). The molecule has 0 unspecified atom stereocenters. The largest absolute Gasteiger partial charge is 0.307 e. The summed E-state index contributed by atoms with van der Waals surface area (Å²) in [4.78, 5) is 12.3. The van der Waals surface area contributed by atoms with E-state index in [4.69, 9.17) is 6.57 Å². The average Bonchev–Trinajstić information content (AvgIpc) is 3.29. The Bertz CT molecular complexity index is 1870. The minimum absolute atomic E-state index is 0. The van der Waals surface area contributed by atoms with Gasteiger partial charge in [-0.2, -0.15) is 0 Å². The molecule has 3 nitrogen and oxygen atoms in total. The van der Waals surface area contributed by atoms with E-state index in [1.165, 1.54) is 22.3 Å². The van der Waals surface area contributed by atoms with Crippen LogP contribution >= 0.6 is 0 Å². The van der Waals surface area contributed by atoms with Crippen LogP contribution < -0.4 is 0 Å². The van der Waals surface area contributed by atoms with E-state index in [0.29, 0.717) is 5.69 Å². The minimum atomic E-state index is -0.0173. The third-order valence-electron chi connectivity index (χ3n) is 7.49. The van der Waals surface area contributed by atoms with E-state index in [1.54, 1.807) is 18.3 Å². The molecule has 0 amide bonds. The molecule has 42 heavy (non-hydrogen) atoms. The van der Waals surface area contributed by atoms with Crippen LogP contribution in [0.2, 0.25) is 0 Å². The predicted octanol–water partition coefficient (Wildman–Crippen LogP) is 9.62. The maximum Gasteiger partial charge on any atom is 0.181 e. The van der Waals surface area contributed by atoms with Crippen LogP contribution in [-0.2, 0) is 25.5 Å². The Morgan fingerprint density at radius 1 is 0.667 bits per heavy atom. The van der Waals surface area contributed by atoms with E-state index in [-0.39, 0.29) is 25.5 Å². The summed E-state index contributed by atoms with van der Waals surface area (Å²) in [6.07, 6.45) is 3.50. The summed E-state index contributed by atoms with van der Waals surface area (Å²) in [6.45, 7) is 11.6. The zero-order chi connectivity index (χ0) is 28.2. The quantitative estimate of drug-likeness (QED) is 0.171. The molecule has 2 heterocycles. The van der Waals surface area contributed by atoms with Gasteiger partial charge in [0.1, 0.15) is 0 Å². The smallest absolute Gasteiger partial charge is 0.181 e. The Kier molecular flexibility index (Phi) is 8.55. The van der Waals surface area contributed by atoms with E-state index in [0.717, 1.165) is 33.6 Å². The molecule has 1 aliphatic rings. The molecule has 0 saturated carbocycles. The second kappa shape index (κ2) is 12.5. The second-order valence-corrected chi connectivity index (χ2v) is 10.4. The molecule has 0 aliphatic heterocycles. The van der Waals surface area contributed by atoms with Gasteiger partial charge in [-0.25, -0.2) is 4.85 Å². The first-order chi connectivity index (χ1) is 20.1. The third-order valence-corrected chi connectivity index (χ3v) is 7.49. The Morgan fingerprint density at radius 2 is 1.40 bits per heavy atom. The maximum atomic E-state index is 7.07. The number of benzene rings is 4. The molecule has 4 aromatic carbocycles. The molecule has 4 heteroatoms. The first kappa shape index (κ1) is 28.8. The molecule has 1 aliphatic carbocycles. The van der Waals surface area contributed by atoms with Crippen molar-refractivity contribution >= 4 is 5.69 Å². The number of hydrogen-bond acceptors (Lipinski definition) is 2. The molecule has 0 spiro atoms. The predicted molar refractivity (Wildman–Crippen MR) is 166 cm³/mol. The SMILES string of the molecule is CC1(C)c2ccccc2-c2cc[c-]c(-c3ccccn3)c21.[C-]#[N+]c1ccnc(-c2[c-]ccc(-c3ccccc3)c2)c1.[Ir]. The van der Waals surface area contributed by atoms with Crippen molar-refractivity contribution in [2.75, 3.05) is 0 Å². The van der Waals surface area contributed by atoms with Crippen LogP contribution in [-0.4, -0.2) is 9.97 Å². The molecule has 6 aromatic rings. The van der Waals surface area contributed by atoms with Crippen LogP contribution in [0, 0.1) is 18.7 Å². The first-order valence-corrected chi connectivity index (χ1v) is 13.5. The summed E-state index contributed by atoms with van der Waals surface area (Å²) in [5.41, 5.74) is 12.0. The van der Waals surface area contributed by atoms with E-state index in [9.17, 15) is 0 Å². The van der Waals surface area contributed by atoms with Gasteiger partial charge in [-0.05, 0) is 45.6 Å². The Balaban J connectivity index is 0.000000164. The van der Waals surface area contributed by atoms with Gasteiger partial charge in [0.25, 0.3) is 0 Å². The van der Waals surface area contributed by atoms with Crippen LogP contribution in [0.5, 0.6) is 0 Å². The van der Waals surface area contributed by atoms with Crippen LogP contribution in [0.1, 0.15) is 25.0 Å². The molecule has 205 valence electrons. The fourth-order valence-corrected chi connectivity index (χ4v) is 5.54. The molecule has 0 N–H and O–H groups in total. The monoisotopic (exact) mass is 718 g/mol. The average molecular weight is 718 g/mol. The fraction of sp³-hybridized carbons (Fsp3) is 0.0789. The van der Waals surface area contributed by atoms with E-state index >= 15 is 0 Å². The standard InChI is InChI=1S/C20H16N.C18H11N2.Ir/c1-20(2)17-11-4-3-8-14(17)15-9-7-10-16(19(15)20)18-12-5-6-13-21-18;1-19-17-10-11-20-18(13-17)16-9-5-8-15(12-16)14-6-3-2-4-7-14;/h3-9,11-13H,1-2H3;2-8,10-13H;/q2*-1;. The van der Waals surface area contributed by atoms with Crippen molar-refractivity contribution in [1.82, 2.24) is 9.97 Å². The maximum absolute atomic E-state index is 7.07. The molecule has 0 atom stereocenters. The summed E-state index contributed by atoms with van der Waals surface area (Å²) in [5.74, 6) is 0. The molecule has 0 fully saturated rings. The third kappa shape index (κ3) is 5.58. The van der Waals surface area contributed by atoms with Gasteiger partial charge in [0.15, 0.2) is 5.69 Å². The number of aromatic nitrogens is 2. The summed E-state index contributed by atoms with van der Waals surface area (Å²) >= 11 is 0. The van der Waals surface area contributed by atoms with Crippen LogP contribution in [0.4, 0.5) is 5.69 Å². The van der Waals surface area contributed by atoms with Crippen molar-refractivity contribution in [2.45, 2.75) is 19.3 Å². The molecule has 1 radical (unpaired) electrons. The second-order valence-electron chi connectivity index (χ2n) is 10.4. The van der Waals surface area contributed by atoms with Gasteiger partial charge in [0, 0.05) is 32.5 Å². The van der Waals surface area contributed by atoms with Crippen molar-refractivity contribution < 1.29 is 20.1 Å². The number of hydrogen-bond donors (Lipinski definition) is 0. The van der Waals surface area contributed by atoms with Gasteiger partial charge in [-0.1, -0.05) is 92.2 Å². The van der Waals surface area contributed by atoms with Gasteiger partial charge >= 0.3 is 0 Å². The Labute approximate surface area is 261 Å². The van der Waals surface area contributed by atoms with Gasteiger partial charge in [0.2, 0.25) is 0 Å². The first-order valence-electron chi connectivity index (χ1n) is 13.5. The summed E-state index contributed by atoms with van der Waals surface area (Å²) in [7, 11) is 0. The summed E-state index contributed by atoms with van der Waals surface area (Å²) in [6, 6.07) is 45.1. The van der Waals surface area contributed by atoms with Crippen molar-refractivity contribution in [3.63, 3.8) is 0 Å². The number of nitrogens with zero attached hydrogens (tertiary/aromatic N) is 3. The van der Waals surface area contributed by atoms with Crippen molar-refractivity contribution in [3.05, 3.63) is 162 Å². The van der Waals surface area contributed by atoms with Crippen LogP contribution in [0.25, 0.3) is 49.6 Å². The molecular weight excluding hydrogens is 691 g/mol. The number of pyridine rings is 2. The van der Waals surface area contributed by atoms with Crippen LogP contribution in [0.3, 0.4) is 0 Å². The van der Waals surface area contributed by atoms with Gasteiger partial charge in [-0.3, -0.25) is 0 Å². The van der Waals surface area contributed by atoms with E-state index in [1.807, 2.05) is 60.8 Å². The topological polar surface area (TPSA) is 30.1 Å². The number of fused-ring (bicyclic) bond motifs is 3. The summed E-state index contributed by atoms with van der Waals surface area (Å²) in [5, 5.41) is 0. The Hall–Kier alpha value is -4.68. The van der Waals surface area contributed by atoms with Crippen molar-refractivity contribution in [1.29, 1.82) is 0 Å². The van der Waals surface area contributed by atoms with E-state index in [2.05, 4.69) is 89.3 Å². The van der Waals surface area contributed by atoms with E-state index < -0.39 is 0 Å². The molecule has 2 aromatic heterocycles. The normalized spacial score (nSPS) is 12.0. The Morgan fingerprint density at radius 3 is 2.19 bits per heavy atom. The number of rotatable bonds is 3. The molecular formula is C38H27IrN3-2. The summed E-state index contributed by atoms with van der Waals surface area (Å²) < 4.78 is 0. The molecule has 0 bridgehead atoms.